The van der Waals surface area contributed by atoms with Crippen molar-refractivity contribution in [3.05, 3.63) is 63.1 Å². The fourth-order valence-corrected chi connectivity index (χ4v) is 2.39. The zero-order chi connectivity index (χ0) is 17.0. The van der Waals surface area contributed by atoms with Gasteiger partial charge in [-0.1, -0.05) is 12.1 Å². The number of aryl methyl sites for hydroxylation is 1. The number of nitrogens with one attached hydrogen (secondary N) is 1. The lowest BCUT2D eigenvalue weighted by Gasteiger charge is -2.11. The summed E-state index contributed by atoms with van der Waals surface area (Å²) in [6, 6.07) is 9.35. The largest absolute Gasteiger partial charge is 0.497 e. The van der Waals surface area contributed by atoms with E-state index >= 15 is 0 Å². The van der Waals surface area contributed by atoms with Crippen molar-refractivity contribution in [3.63, 3.8) is 0 Å². The van der Waals surface area contributed by atoms with Crippen LogP contribution in [0.1, 0.15) is 27.2 Å². The van der Waals surface area contributed by atoms with Gasteiger partial charge < -0.3 is 14.6 Å². The lowest BCUT2D eigenvalue weighted by atomic mass is 10.1. The molecule has 0 spiro atoms. The predicted molar refractivity (Wildman–Crippen MR) is 90.2 cm³/mol. The number of rotatable bonds is 5. The molecule has 0 saturated carbocycles. The van der Waals surface area contributed by atoms with Gasteiger partial charge in [-0.15, -0.1) is 0 Å². The molecule has 0 saturated heterocycles. The van der Waals surface area contributed by atoms with Crippen LogP contribution in [-0.2, 0) is 13.5 Å². The number of hydrogen-bond acceptors (Lipinski definition) is 3. The first-order valence-electron chi connectivity index (χ1n) is 7.52. The molecule has 5 nitrogen and oxygen atoms in total. The number of ether oxygens (including phenoxy) is 1. The molecule has 0 radical (unpaired) electrons. The summed E-state index contributed by atoms with van der Waals surface area (Å²) in [5, 5.41) is 2.81. The first-order valence-corrected chi connectivity index (χ1v) is 7.52. The molecule has 0 fully saturated rings. The molecule has 0 aliphatic carbocycles. The molecular formula is C18H22N2O3. The van der Waals surface area contributed by atoms with Crippen LogP contribution < -0.4 is 15.6 Å². The number of nitrogens with zero attached hydrogens (tertiary/aromatic N) is 1. The Hall–Kier alpha value is -2.56. The molecule has 122 valence electrons. The normalized spacial score (nSPS) is 10.4. The maximum absolute atomic E-state index is 12.2. The van der Waals surface area contributed by atoms with E-state index in [1.165, 1.54) is 4.57 Å². The maximum atomic E-state index is 12.2. The number of methoxy groups -OCH3 is 1. The fraction of sp³-hybridized carbons (Fsp3) is 0.333. The van der Waals surface area contributed by atoms with E-state index in [0.29, 0.717) is 13.0 Å². The second-order valence-corrected chi connectivity index (χ2v) is 5.55. The Kier molecular flexibility index (Phi) is 5.21. The average molecular weight is 314 g/mol. The van der Waals surface area contributed by atoms with Crippen LogP contribution in [-0.4, -0.2) is 24.1 Å². The minimum Gasteiger partial charge on any atom is -0.497 e. The third kappa shape index (κ3) is 3.80. The van der Waals surface area contributed by atoms with Crippen molar-refractivity contribution >= 4 is 5.91 Å². The van der Waals surface area contributed by atoms with Crippen molar-refractivity contribution in [2.75, 3.05) is 13.7 Å². The van der Waals surface area contributed by atoms with Crippen molar-refractivity contribution < 1.29 is 9.53 Å². The number of aromatic nitrogens is 1. The van der Waals surface area contributed by atoms with E-state index in [4.69, 9.17) is 4.74 Å². The smallest absolute Gasteiger partial charge is 0.263 e. The number of amides is 1. The first-order chi connectivity index (χ1) is 10.9. The number of hydrogen-bond donors (Lipinski definition) is 1. The quantitative estimate of drug-likeness (QED) is 0.918. The molecule has 5 heteroatoms. The van der Waals surface area contributed by atoms with Gasteiger partial charge in [-0.05, 0) is 49.6 Å². The molecule has 0 atom stereocenters. The zero-order valence-electron chi connectivity index (χ0n) is 14.0. The van der Waals surface area contributed by atoms with Gasteiger partial charge in [0, 0.05) is 19.3 Å². The summed E-state index contributed by atoms with van der Waals surface area (Å²) in [4.78, 5) is 24.4. The van der Waals surface area contributed by atoms with Crippen LogP contribution in [0.4, 0.5) is 0 Å². The van der Waals surface area contributed by atoms with E-state index in [0.717, 1.165) is 22.6 Å². The summed E-state index contributed by atoms with van der Waals surface area (Å²) in [7, 11) is 3.30. The number of benzene rings is 1. The van der Waals surface area contributed by atoms with Crippen LogP contribution in [0.3, 0.4) is 0 Å². The van der Waals surface area contributed by atoms with Crippen molar-refractivity contribution in [1.82, 2.24) is 9.88 Å². The molecule has 1 aromatic carbocycles. The molecule has 1 heterocycles. The zero-order valence-corrected chi connectivity index (χ0v) is 14.0. The molecular weight excluding hydrogens is 292 g/mol. The molecule has 0 bridgehead atoms. The van der Waals surface area contributed by atoms with Gasteiger partial charge in [0.25, 0.3) is 11.5 Å². The van der Waals surface area contributed by atoms with Crippen LogP contribution in [0.25, 0.3) is 0 Å². The van der Waals surface area contributed by atoms with E-state index in [2.05, 4.69) is 5.32 Å². The summed E-state index contributed by atoms with van der Waals surface area (Å²) in [5.74, 6) is 0.452. The molecule has 1 N–H and O–H groups in total. The van der Waals surface area contributed by atoms with E-state index in [9.17, 15) is 9.59 Å². The number of carbonyl (C=O) groups is 1. The second kappa shape index (κ2) is 7.13. The fourth-order valence-electron chi connectivity index (χ4n) is 2.39. The summed E-state index contributed by atoms with van der Waals surface area (Å²) in [6.07, 6.45) is 0.675. The lowest BCUT2D eigenvalue weighted by Crippen LogP contribution is -2.34. The Bertz CT molecular complexity index is 778. The molecule has 2 rings (SSSR count). The van der Waals surface area contributed by atoms with Gasteiger partial charge in [-0.2, -0.15) is 0 Å². The van der Waals surface area contributed by atoms with Gasteiger partial charge in [0.15, 0.2) is 0 Å². The van der Waals surface area contributed by atoms with Gasteiger partial charge in [0.1, 0.15) is 11.3 Å². The first kappa shape index (κ1) is 16.8. The Morgan fingerprint density at radius 2 is 2.00 bits per heavy atom. The van der Waals surface area contributed by atoms with Crippen molar-refractivity contribution in [2.24, 2.45) is 7.05 Å². The standard InChI is InChI=1S/C18H22N2O3/c1-12-10-16(18(22)20(3)13(12)2)17(21)19-9-8-14-6-5-7-15(11-14)23-4/h5-7,10-11H,8-9H2,1-4H3,(H,19,21). The monoisotopic (exact) mass is 314 g/mol. The van der Waals surface area contributed by atoms with Crippen LogP contribution in [0.5, 0.6) is 5.75 Å². The van der Waals surface area contributed by atoms with Crippen molar-refractivity contribution in [3.8, 4) is 5.75 Å². The highest BCUT2D eigenvalue weighted by Crippen LogP contribution is 2.12. The number of carbonyl (C=O) groups excluding carboxylic acids is 1. The van der Waals surface area contributed by atoms with Crippen LogP contribution in [0.2, 0.25) is 0 Å². The van der Waals surface area contributed by atoms with E-state index < -0.39 is 0 Å². The molecule has 0 aliphatic rings. The van der Waals surface area contributed by atoms with E-state index in [1.807, 2.05) is 38.1 Å². The average Bonchev–Trinajstić information content (AvgIpc) is 2.56. The van der Waals surface area contributed by atoms with E-state index in [-0.39, 0.29) is 17.0 Å². The maximum Gasteiger partial charge on any atom is 0.263 e. The third-order valence-electron chi connectivity index (χ3n) is 4.05. The van der Waals surface area contributed by atoms with Crippen LogP contribution >= 0.6 is 0 Å². The minimum atomic E-state index is -0.336. The predicted octanol–water partition coefficient (Wildman–Crippen LogP) is 1.98. The Labute approximate surface area is 135 Å². The topological polar surface area (TPSA) is 60.3 Å². The molecule has 1 amide bonds. The van der Waals surface area contributed by atoms with Gasteiger partial charge in [0.05, 0.1) is 7.11 Å². The highest BCUT2D eigenvalue weighted by molar-refractivity contribution is 5.94. The summed E-state index contributed by atoms with van der Waals surface area (Å²) >= 11 is 0. The third-order valence-corrected chi connectivity index (χ3v) is 4.05. The van der Waals surface area contributed by atoms with Gasteiger partial charge in [0.2, 0.25) is 0 Å². The van der Waals surface area contributed by atoms with Gasteiger partial charge in [-0.3, -0.25) is 9.59 Å². The van der Waals surface area contributed by atoms with Crippen LogP contribution in [0.15, 0.2) is 35.1 Å². The summed E-state index contributed by atoms with van der Waals surface area (Å²) < 4.78 is 6.68. The molecule has 1 aromatic heterocycles. The lowest BCUT2D eigenvalue weighted by molar-refractivity contribution is 0.0952. The molecule has 23 heavy (non-hydrogen) atoms. The van der Waals surface area contributed by atoms with E-state index in [1.54, 1.807) is 20.2 Å². The Balaban J connectivity index is 2.04. The Morgan fingerprint density at radius 3 is 2.70 bits per heavy atom. The Morgan fingerprint density at radius 1 is 1.26 bits per heavy atom. The highest BCUT2D eigenvalue weighted by atomic mass is 16.5. The molecule has 0 aliphatic heterocycles. The minimum absolute atomic E-state index is 0.182. The van der Waals surface area contributed by atoms with Gasteiger partial charge >= 0.3 is 0 Å². The summed E-state index contributed by atoms with van der Waals surface area (Å²) in [6.45, 7) is 4.21. The molecule has 2 aromatic rings. The SMILES string of the molecule is COc1cccc(CCNC(=O)c2cc(C)c(C)n(C)c2=O)c1. The van der Waals surface area contributed by atoms with Crippen molar-refractivity contribution in [2.45, 2.75) is 20.3 Å². The highest BCUT2D eigenvalue weighted by Gasteiger charge is 2.13. The van der Waals surface area contributed by atoms with Gasteiger partial charge in [-0.25, -0.2) is 0 Å². The molecule has 0 unspecified atom stereocenters. The van der Waals surface area contributed by atoms with Crippen molar-refractivity contribution in [1.29, 1.82) is 0 Å². The summed E-state index contributed by atoms with van der Waals surface area (Å²) in [5.41, 5.74) is 2.76. The number of pyridine rings is 1. The second-order valence-electron chi connectivity index (χ2n) is 5.55. The van der Waals surface area contributed by atoms with Crippen LogP contribution in [0, 0.1) is 13.8 Å².